The summed E-state index contributed by atoms with van der Waals surface area (Å²) >= 11 is 0. The predicted octanol–water partition coefficient (Wildman–Crippen LogP) is 3.66. The van der Waals surface area contributed by atoms with Crippen molar-refractivity contribution in [3.63, 3.8) is 0 Å². The molecule has 0 saturated heterocycles. The van der Waals surface area contributed by atoms with Crippen LogP contribution in [0.2, 0.25) is 0 Å². The summed E-state index contributed by atoms with van der Waals surface area (Å²) in [5, 5.41) is 11.3. The average Bonchev–Trinajstić information content (AvgIpc) is 2.34. The maximum atomic E-state index is 12.6. The van der Waals surface area contributed by atoms with Gasteiger partial charge in [0, 0.05) is 19.2 Å². The van der Waals surface area contributed by atoms with Crippen LogP contribution >= 0.6 is 0 Å². The number of phenolic OH excluding ortho intramolecular Hbond substituents is 1. The zero-order valence-electron chi connectivity index (χ0n) is 12.5. The van der Waals surface area contributed by atoms with E-state index in [2.05, 4.69) is 20.8 Å². The van der Waals surface area contributed by atoms with Crippen LogP contribution in [0.25, 0.3) is 10.8 Å². The Hall–Kier alpha value is -2.03. The number of aromatic hydroxyl groups is 1. The Morgan fingerprint density at radius 2 is 1.90 bits per heavy atom. The fourth-order valence-electron chi connectivity index (χ4n) is 2.45. The van der Waals surface area contributed by atoms with Gasteiger partial charge in [-0.1, -0.05) is 32.9 Å². The number of benzene rings is 2. The van der Waals surface area contributed by atoms with Crippen LogP contribution in [0.15, 0.2) is 36.4 Å². The first kappa shape index (κ1) is 14.4. The molecule has 2 rings (SSSR count). The van der Waals surface area contributed by atoms with E-state index >= 15 is 0 Å². The van der Waals surface area contributed by atoms with Crippen LogP contribution in [-0.4, -0.2) is 29.5 Å². The first-order valence-electron chi connectivity index (χ1n) is 6.75. The third kappa shape index (κ3) is 3.10. The zero-order chi connectivity index (χ0) is 14.9. The molecule has 0 fully saturated rings. The molecule has 1 amide bonds. The molecule has 20 heavy (non-hydrogen) atoms. The molecule has 3 nitrogen and oxygen atoms in total. The quantitative estimate of drug-likeness (QED) is 0.905. The van der Waals surface area contributed by atoms with Crippen LogP contribution in [0.5, 0.6) is 5.75 Å². The zero-order valence-corrected chi connectivity index (χ0v) is 12.5. The topological polar surface area (TPSA) is 40.5 Å². The van der Waals surface area contributed by atoms with Crippen molar-refractivity contribution in [2.24, 2.45) is 5.41 Å². The van der Waals surface area contributed by atoms with Crippen LogP contribution in [0, 0.1) is 5.41 Å². The third-order valence-corrected chi connectivity index (χ3v) is 3.15. The molecule has 106 valence electrons. The second kappa shape index (κ2) is 5.16. The predicted molar refractivity (Wildman–Crippen MR) is 82.0 cm³/mol. The molecular formula is C17H21NO2. The highest BCUT2D eigenvalue weighted by atomic mass is 16.3. The van der Waals surface area contributed by atoms with Gasteiger partial charge >= 0.3 is 0 Å². The second-order valence-corrected chi connectivity index (χ2v) is 6.43. The molecule has 0 heterocycles. The summed E-state index contributed by atoms with van der Waals surface area (Å²) in [5.74, 6) is 0.223. The summed E-state index contributed by atoms with van der Waals surface area (Å²) in [6.07, 6.45) is 0. The highest BCUT2D eigenvalue weighted by Crippen LogP contribution is 2.25. The number of hydrogen-bond acceptors (Lipinski definition) is 2. The summed E-state index contributed by atoms with van der Waals surface area (Å²) in [7, 11) is 1.83. The largest absolute Gasteiger partial charge is 0.508 e. The van der Waals surface area contributed by atoms with Crippen molar-refractivity contribution in [2.45, 2.75) is 20.8 Å². The summed E-state index contributed by atoms with van der Waals surface area (Å²) in [4.78, 5) is 14.3. The molecule has 2 aromatic rings. The molecule has 1 N–H and O–H groups in total. The normalized spacial score (nSPS) is 11.6. The number of carbonyl (C=O) groups is 1. The van der Waals surface area contributed by atoms with E-state index in [4.69, 9.17) is 0 Å². The Labute approximate surface area is 119 Å². The van der Waals surface area contributed by atoms with Crippen LogP contribution in [0.1, 0.15) is 31.1 Å². The number of carbonyl (C=O) groups excluding carboxylic acids is 1. The van der Waals surface area contributed by atoms with Crippen LogP contribution in [-0.2, 0) is 0 Å². The maximum Gasteiger partial charge on any atom is 0.254 e. The SMILES string of the molecule is CN(CC(C)(C)C)C(=O)c1cccc2cc(O)ccc12. The van der Waals surface area contributed by atoms with Gasteiger partial charge in [-0.3, -0.25) is 4.79 Å². The van der Waals surface area contributed by atoms with Crippen LogP contribution in [0.4, 0.5) is 0 Å². The number of fused-ring (bicyclic) bond motifs is 1. The molecule has 0 unspecified atom stereocenters. The second-order valence-electron chi connectivity index (χ2n) is 6.43. The number of hydrogen-bond donors (Lipinski definition) is 1. The van der Waals surface area contributed by atoms with E-state index in [0.29, 0.717) is 12.1 Å². The van der Waals surface area contributed by atoms with Gasteiger partial charge in [0.2, 0.25) is 0 Å². The standard InChI is InChI=1S/C17H21NO2/c1-17(2,3)11-18(4)16(20)15-7-5-6-12-10-13(19)8-9-14(12)15/h5-10,19H,11H2,1-4H3. The van der Waals surface area contributed by atoms with E-state index in [9.17, 15) is 9.90 Å². The lowest BCUT2D eigenvalue weighted by atomic mass is 9.95. The van der Waals surface area contributed by atoms with E-state index < -0.39 is 0 Å². The van der Waals surface area contributed by atoms with Gasteiger partial charge in [-0.25, -0.2) is 0 Å². The smallest absolute Gasteiger partial charge is 0.254 e. The van der Waals surface area contributed by atoms with Gasteiger partial charge in [0.15, 0.2) is 0 Å². The number of phenols is 1. The van der Waals surface area contributed by atoms with E-state index in [1.807, 2.05) is 25.2 Å². The lowest BCUT2D eigenvalue weighted by Gasteiger charge is -2.27. The lowest BCUT2D eigenvalue weighted by Crippen LogP contribution is -2.34. The van der Waals surface area contributed by atoms with Crippen molar-refractivity contribution in [3.05, 3.63) is 42.0 Å². The highest BCUT2D eigenvalue weighted by molar-refractivity contribution is 6.07. The fraction of sp³-hybridized carbons (Fsp3) is 0.353. The van der Waals surface area contributed by atoms with Gasteiger partial charge in [0.1, 0.15) is 5.75 Å². The van der Waals surface area contributed by atoms with Gasteiger partial charge in [0.05, 0.1) is 0 Å². The summed E-state index contributed by atoms with van der Waals surface area (Å²) in [6, 6.07) is 10.7. The van der Waals surface area contributed by atoms with Crippen molar-refractivity contribution < 1.29 is 9.90 Å². The average molecular weight is 271 g/mol. The molecule has 0 aromatic heterocycles. The van der Waals surface area contributed by atoms with Crippen molar-refractivity contribution >= 4 is 16.7 Å². The molecule has 0 aliphatic heterocycles. The Morgan fingerprint density at radius 3 is 2.55 bits per heavy atom. The lowest BCUT2D eigenvalue weighted by molar-refractivity contribution is 0.0747. The third-order valence-electron chi connectivity index (χ3n) is 3.15. The molecule has 0 bridgehead atoms. The van der Waals surface area contributed by atoms with Crippen molar-refractivity contribution in [1.29, 1.82) is 0 Å². The Bertz CT molecular complexity index is 641. The molecule has 3 heteroatoms. The number of amides is 1. The van der Waals surface area contributed by atoms with E-state index in [1.165, 1.54) is 0 Å². The molecule has 0 saturated carbocycles. The van der Waals surface area contributed by atoms with Crippen molar-refractivity contribution in [1.82, 2.24) is 4.90 Å². The number of nitrogens with zero attached hydrogens (tertiary/aromatic N) is 1. The minimum atomic E-state index is 0.0104. The van der Waals surface area contributed by atoms with E-state index in [0.717, 1.165) is 10.8 Å². The fourth-order valence-corrected chi connectivity index (χ4v) is 2.45. The molecule has 0 radical (unpaired) electrons. The Morgan fingerprint density at radius 1 is 1.20 bits per heavy atom. The Balaban J connectivity index is 2.40. The molecule has 0 aliphatic carbocycles. The van der Waals surface area contributed by atoms with Crippen LogP contribution < -0.4 is 0 Å². The number of rotatable bonds is 2. The molecule has 0 aliphatic rings. The van der Waals surface area contributed by atoms with Gasteiger partial charge in [-0.2, -0.15) is 0 Å². The van der Waals surface area contributed by atoms with E-state index in [-0.39, 0.29) is 17.1 Å². The minimum absolute atomic E-state index is 0.0104. The maximum absolute atomic E-state index is 12.6. The minimum Gasteiger partial charge on any atom is -0.508 e. The van der Waals surface area contributed by atoms with Crippen LogP contribution in [0.3, 0.4) is 0 Å². The monoisotopic (exact) mass is 271 g/mol. The molecular weight excluding hydrogens is 250 g/mol. The summed E-state index contributed by atoms with van der Waals surface area (Å²) in [5.41, 5.74) is 0.738. The van der Waals surface area contributed by atoms with Gasteiger partial charge in [-0.05, 0) is 40.5 Å². The first-order valence-corrected chi connectivity index (χ1v) is 6.75. The molecule has 2 aromatic carbocycles. The molecule has 0 spiro atoms. The van der Waals surface area contributed by atoms with Crippen molar-refractivity contribution in [2.75, 3.05) is 13.6 Å². The first-order chi connectivity index (χ1) is 9.28. The Kier molecular flexibility index (Phi) is 3.71. The summed E-state index contributed by atoms with van der Waals surface area (Å²) < 4.78 is 0. The highest BCUT2D eigenvalue weighted by Gasteiger charge is 2.20. The van der Waals surface area contributed by atoms with Gasteiger partial charge in [0.25, 0.3) is 5.91 Å². The molecule has 0 atom stereocenters. The van der Waals surface area contributed by atoms with Crippen molar-refractivity contribution in [3.8, 4) is 5.75 Å². The van der Waals surface area contributed by atoms with Gasteiger partial charge in [-0.15, -0.1) is 0 Å². The van der Waals surface area contributed by atoms with Gasteiger partial charge < -0.3 is 10.0 Å². The van der Waals surface area contributed by atoms with E-state index in [1.54, 1.807) is 23.1 Å². The summed E-state index contributed by atoms with van der Waals surface area (Å²) in [6.45, 7) is 7.02.